The lowest BCUT2D eigenvalue weighted by atomic mass is 10.2. The highest BCUT2D eigenvalue weighted by molar-refractivity contribution is 5.42. The predicted molar refractivity (Wildman–Crippen MR) is 65.4 cm³/mol. The van der Waals surface area contributed by atoms with Crippen LogP contribution < -0.4 is 0 Å². The Morgan fingerprint density at radius 2 is 1.87 bits per heavy atom. The Morgan fingerprint density at radius 3 is 2.40 bits per heavy atom. The van der Waals surface area contributed by atoms with E-state index in [1.807, 2.05) is 26.0 Å². The third kappa shape index (κ3) is 2.38. The van der Waals surface area contributed by atoms with Crippen LogP contribution in [0, 0.1) is 6.92 Å². The first-order valence-corrected chi connectivity index (χ1v) is 5.63. The van der Waals surface area contributed by atoms with Crippen molar-refractivity contribution in [2.45, 2.75) is 40.5 Å². The van der Waals surface area contributed by atoms with Crippen LogP contribution in [-0.4, -0.2) is 9.38 Å². The third-order valence-corrected chi connectivity index (χ3v) is 2.31. The average molecular weight is 204 g/mol. The van der Waals surface area contributed by atoms with E-state index in [4.69, 9.17) is 0 Å². The monoisotopic (exact) mass is 204 g/mol. The molecule has 0 saturated carbocycles. The molecule has 0 aromatic carbocycles. The van der Waals surface area contributed by atoms with Crippen molar-refractivity contribution in [1.29, 1.82) is 0 Å². The first-order chi connectivity index (χ1) is 7.18. The molecular weight excluding hydrogens is 184 g/mol. The van der Waals surface area contributed by atoms with E-state index in [9.17, 15) is 0 Å². The number of aryl methyl sites for hydroxylation is 1. The van der Waals surface area contributed by atoms with Crippen molar-refractivity contribution in [3.05, 3.63) is 35.8 Å². The predicted octanol–water partition coefficient (Wildman–Crippen LogP) is 3.79. The summed E-state index contributed by atoms with van der Waals surface area (Å²) >= 11 is 0. The molecule has 0 aliphatic heterocycles. The van der Waals surface area contributed by atoms with Gasteiger partial charge in [0, 0.05) is 11.9 Å². The molecule has 2 aromatic heterocycles. The molecule has 15 heavy (non-hydrogen) atoms. The molecule has 0 aliphatic carbocycles. The molecule has 0 N–H and O–H groups in total. The molecule has 2 heterocycles. The van der Waals surface area contributed by atoms with Crippen LogP contribution in [0.1, 0.15) is 45.0 Å². The Bertz CT molecular complexity index is 427. The summed E-state index contributed by atoms with van der Waals surface area (Å²) in [5.41, 5.74) is 3.44. The Labute approximate surface area is 92.0 Å². The Balaban J connectivity index is 0.000000531. The van der Waals surface area contributed by atoms with E-state index in [0.717, 1.165) is 11.3 Å². The van der Waals surface area contributed by atoms with Crippen LogP contribution in [0.25, 0.3) is 5.65 Å². The van der Waals surface area contributed by atoms with Crippen LogP contribution >= 0.6 is 0 Å². The zero-order valence-corrected chi connectivity index (χ0v) is 10.3. The van der Waals surface area contributed by atoms with Gasteiger partial charge >= 0.3 is 0 Å². The molecule has 2 heteroatoms. The van der Waals surface area contributed by atoms with E-state index in [2.05, 4.69) is 42.4 Å². The van der Waals surface area contributed by atoms with Crippen LogP contribution in [-0.2, 0) is 0 Å². The van der Waals surface area contributed by atoms with Gasteiger partial charge in [0.1, 0.15) is 5.65 Å². The van der Waals surface area contributed by atoms with E-state index in [0.29, 0.717) is 5.92 Å². The van der Waals surface area contributed by atoms with Gasteiger partial charge in [-0.05, 0) is 25.0 Å². The molecule has 0 amide bonds. The fourth-order valence-electron chi connectivity index (χ4n) is 1.45. The molecule has 0 atom stereocenters. The van der Waals surface area contributed by atoms with Crippen LogP contribution in [0.2, 0.25) is 0 Å². The van der Waals surface area contributed by atoms with Gasteiger partial charge in [0.2, 0.25) is 0 Å². The maximum absolute atomic E-state index is 4.54. The number of nitrogens with zero attached hydrogens (tertiary/aromatic N) is 2. The van der Waals surface area contributed by atoms with Crippen molar-refractivity contribution < 1.29 is 0 Å². The Kier molecular flexibility index (Phi) is 3.89. The fraction of sp³-hybridized carbons (Fsp3) is 0.462. The van der Waals surface area contributed by atoms with Crippen molar-refractivity contribution in [2.24, 2.45) is 0 Å². The van der Waals surface area contributed by atoms with Crippen LogP contribution in [0.5, 0.6) is 0 Å². The van der Waals surface area contributed by atoms with Gasteiger partial charge in [0.15, 0.2) is 0 Å². The highest BCUT2D eigenvalue weighted by atomic mass is 15.0. The third-order valence-electron chi connectivity index (χ3n) is 2.31. The highest BCUT2D eigenvalue weighted by Gasteiger charge is 2.05. The second-order valence-electron chi connectivity index (χ2n) is 3.72. The topological polar surface area (TPSA) is 17.3 Å². The summed E-state index contributed by atoms with van der Waals surface area (Å²) in [6.07, 6.45) is 2.12. The van der Waals surface area contributed by atoms with Crippen molar-refractivity contribution >= 4 is 5.65 Å². The van der Waals surface area contributed by atoms with E-state index in [1.54, 1.807) is 0 Å². The minimum absolute atomic E-state index is 0.499. The van der Waals surface area contributed by atoms with Gasteiger partial charge in [-0.25, -0.2) is 4.98 Å². The number of imidazole rings is 1. The van der Waals surface area contributed by atoms with Crippen LogP contribution in [0.15, 0.2) is 24.4 Å². The first-order valence-electron chi connectivity index (χ1n) is 5.63. The smallest absolute Gasteiger partial charge is 0.137 e. The summed E-state index contributed by atoms with van der Waals surface area (Å²) in [6.45, 7) is 10.4. The van der Waals surface area contributed by atoms with Gasteiger partial charge in [-0.15, -0.1) is 0 Å². The van der Waals surface area contributed by atoms with Gasteiger partial charge in [-0.2, -0.15) is 0 Å². The summed E-state index contributed by atoms with van der Waals surface area (Å²) in [6, 6.07) is 6.18. The second-order valence-corrected chi connectivity index (χ2v) is 3.72. The standard InChI is InChI=1S/C11H14N2.C2H6/c1-8(2)10-7-13-9(3)5-4-6-11(13)12-10;1-2/h4-8H,1-3H3;1-2H3. The van der Waals surface area contributed by atoms with Crippen LogP contribution in [0.3, 0.4) is 0 Å². The number of hydrogen-bond donors (Lipinski definition) is 0. The van der Waals surface area contributed by atoms with Crippen molar-refractivity contribution in [3.8, 4) is 0 Å². The number of aromatic nitrogens is 2. The van der Waals surface area contributed by atoms with Gasteiger partial charge in [0.25, 0.3) is 0 Å². The Morgan fingerprint density at radius 1 is 1.20 bits per heavy atom. The van der Waals surface area contributed by atoms with E-state index in [1.165, 1.54) is 5.69 Å². The molecule has 0 spiro atoms. The quantitative estimate of drug-likeness (QED) is 0.690. The molecule has 2 nitrogen and oxygen atoms in total. The molecule has 2 rings (SSSR count). The minimum atomic E-state index is 0.499. The number of pyridine rings is 1. The summed E-state index contributed by atoms with van der Waals surface area (Å²) in [7, 11) is 0. The van der Waals surface area contributed by atoms with Crippen LogP contribution in [0.4, 0.5) is 0 Å². The largest absolute Gasteiger partial charge is 0.304 e. The normalized spacial score (nSPS) is 10.3. The molecule has 82 valence electrons. The molecule has 2 aromatic rings. The average Bonchev–Trinajstić information content (AvgIpc) is 2.66. The first kappa shape index (κ1) is 11.8. The lowest BCUT2D eigenvalue weighted by molar-refractivity contribution is 0.833. The van der Waals surface area contributed by atoms with Crippen molar-refractivity contribution in [2.75, 3.05) is 0 Å². The highest BCUT2D eigenvalue weighted by Crippen LogP contribution is 2.15. The molecule has 0 fully saturated rings. The zero-order chi connectivity index (χ0) is 11.4. The zero-order valence-electron chi connectivity index (χ0n) is 10.3. The van der Waals surface area contributed by atoms with E-state index in [-0.39, 0.29) is 0 Å². The summed E-state index contributed by atoms with van der Waals surface area (Å²) in [5.74, 6) is 0.499. The Hall–Kier alpha value is -1.31. The van der Waals surface area contributed by atoms with Gasteiger partial charge in [-0.1, -0.05) is 33.8 Å². The summed E-state index contributed by atoms with van der Waals surface area (Å²) in [5, 5.41) is 0. The minimum Gasteiger partial charge on any atom is -0.304 e. The molecule has 0 aliphatic rings. The lowest BCUT2D eigenvalue weighted by Gasteiger charge is -1.96. The summed E-state index contributed by atoms with van der Waals surface area (Å²) in [4.78, 5) is 4.54. The maximum atomic E-state index is 4.54. The molecular formula is C13H20N2. The number of fused-ring (bicyclic) bond motifs is 1. The van der Waals surface area contributed by atoms with Gasteiger partial charge in [-0.3, -0.25) is 0 Å². The lowest BCUT2D eigenvalue weighted by Crippen LogP contribution is -1.87. The second kappa shape index (κ2) is 4.96. The SMILES string of the molecule is CC.Cc1cccc2nc(C(C)C)cn12. The van der Waals surface area contributed by atoms with Crippen molar-refractivity contribution in [3.63, 3.8) is 0 Å². The van der Waals surface area contributed by atoms with Gasteiger partial charge in [0.05, 0.1) is 5.69 Å². The van der Waals surface area contributed by atoms with E-state index < -0.39 is 0 Å². The number of hydrogen-bond acceptors (Lipinski definition) is 1. The molecule has 0 unspecified atom stereocenters. The van der Waals surface area contributed by atoms with Crippen molar-refractivity contribution in [1.82, 2.24) is 9.38 Å². The molecule has 0 bridgehead atoms. The molecule has 0 saturated heterocycles. The molecule has 0 radical (unpaired) electrons. The fourth-order valence-corrected chi connectivity index (χ4v) is 1.45. The maximum Gasteiger partial charge on any atom is 0.137 e. The summed E-state index contributed by atoms with van der Waals surface area (Å²) < 4.78 is 2.13. The van der Waals surface area contributed by atoms with Gasteiger partial charge < -0.3 is 4.40 Å². The van der Waals surface area contributed by atoms with E-state index >= 15 is 0 Å². The number of rotatable bonds is 1.